The molecule has 0 radical (unpaired) electrons. The number of hydrogen-bond donors (Lipinski definition) is 0. The number of nitrogens with zero attached hydrogens (tertiary/aromatic N) is 2. The Morgan fingerprint density at radius 3 is 1.55 bits per heavy atom. The summed E-state index contributed by atoms with van der Waals surface area (Å²) >= 11 is 0. The minimum Gasteiger partial charge on any atom is -0.308 e. The van der Waals surface area contributed by atoms with Gasteiger partial charge in [0, 0.05) is 32.4 Å². The lowest BCUT2D eigenvalue weighted by atomic mass is 9.79. The van der Waals surface area contributed by atoms with Crippen LogP contribution in [0, 0.1) is 11.3 Å². The molecule has 2 heteroatoms. The standard InChI is InChI=1S/C49H50N2/c1-45(2,3)27-14-16-34-30(21-27)39-36(48(34,10)11)18-19-37-40(39)32-23-29(47(7,8)9)24-33-41-38(51(37)44(32)33)20-26(25-50)43-42(41)31-22-28(46(4,5)6)15-17-35(31)49(43,12)13/h14-24H,1-13H3. The van der Waals surface area contributed by atoms with Gasteiger partial charge >= 0.3 is 0 Å². The molecule has 9 rings (SSSR count). The van der Waals surface area contributed by atoms with E-state index in [1.807, 2.05) is 0 Å². The molecular formula is C49H50N2. The molecule has 0 spiro atoms. The lowest BCUT2D eigenvalue weighted by Crippen LogP contribution is -2.17. The lowest BCUT2D eigenvalue weighted by Gasteiger charge is -2.24. The number of benzene rings is 5. The summed E-state index contributed by atoms with van der Waals surface area (Å²) in [5, 5.41) is 16.1. The second kappa shape index (κ2) is 9.43. The Labute approximate surface area is 303 Å². The van der Waals surface area contributed by atoms with Crippen LogP contribution in [0.25, 0.3) is 60.3 Å². The molecule has 0 aliphatic heterocycles. The fourth-order valence-electron chi connectivity index (χ4n) is 9.84. The predicted molar refractivity (Wildman–Crippen MR) is 217 cm³/mol. The van der Waals surface area contributed by atoms with Crippen LogP contribution in [-0.4, -0.2) is 4.40 Å². The van der Waals surface area contributed by atoms with Crippen LogP contribution in [-0.2, 0) is 27.1 Å². The van der Waals surface area contributed by atoms with Crippen molar-refractivity contribution in [3.63, 3.8) is 0 Å². The third-order valence-corrected chi connectivity index (χ3v) is 12.8. The number of rotatable bonds is 0. The van der Waals surface area contributed by atoms with E-state index >= 15 is 0 Å². The van der Waals surface area contributed by atoms with Crippen LogP contribution in [0.2, 0.25) is 0 Å². The summed E-state index contributed by atoms with van der Waals surface area (Å²) in [6.45, 7) is 30.2. The molecule has 51 heavy (non-hydrogen) atoms. The van der Waals surface area contributed by atoms with E-state index in [2.05, 4.69) is 167 Å². The van der Waals surface area contributed by atoms with Crippen molar-refractivity contribution in [2.75, 3.05) is 0 Å². The third-order valence-electron chi connectivity index (χ3n) is 12.8. The van der Waals surface area contributed by atoms with Crippen LogP contribution in [0.5, 0.6) is 0 Å². The molecule has 0 bridgehead atoms. The van der Waals surface area contributed by atoms with Crippen molar-refractivity contribution in [2.45, 2.75) is 117 Å². The number of hydrogen-bond acceptors (Lipinski definition) is 1. The summed E-state index contributed by atoms with van der Waals surface area (Å²) in [5.41, 5.74) is 18.6. The Morgan fingerprint density at radius 1 is 0.529 bits per heavy atom. The van der Waals surface area contributed by atoms with Gasteiger partial charge in [0.05, 0.1) is 28.2 Å². The van der Waals surface area contributed by atoms with Gasteiger partial charge in [0.15, 0.2) is 0 Å². The highest BCUT2D eigenvalue weighted by atomic mass is 14.9. The maximum absolute atomic E-state index is 10.9. The molecule has 2 aliphatic carbocycles. The summed E-state index contributed by atoms with van der Waals surface area (Å²) in [4.78, 5) is 0. The fourth-order valence-corrected chi connectivity index (χ4v) is 9.84. The summed E-state index contributed by atoms with van der Waals surface area (Å²) in [6, 6.07) is 28.9. The van der Waals surface area contributed by atoms with Crippen molar-refractivity contribution in [3.05, 3.63) is 111 Å². The van der Waals surface area contributed by atoms with E-state index in [0.717, 1.165) is 11.1 Å². The quantitative estimate of drug-likeness (QED) is 0.158. The minimum atomic E-state index is -0.290. The zero-order valence-electron chi connectivity index (χ0n) is 32.7. The van der Waals surface area contributed by atoms with E-state index in [1.165, 1.54) is 93.8 Å². The van der Waals surface area contributed by atoms with Crippen molar-refractivity contribution in [2.24, 2.45) is 0 Å². The first-order valence-electron chi connectivity index (χ1n) is 18.8. The summed E-state index contributed by atoms with van der Waals surface area (Å²) in [5.74, 6) is 0. The normalized spacial score (nSPS) is 16.2. The molecule has 256 valence electrons. The summed E-state index contributed by atoms with van der Waals surface area (Å²) in [6.07, 6.45) is 0. The Balaban J connectivity index is 1.52. The topological polar surface area (TPSA) is 28.2 Å². The SMILES string of the molecule is CC(C)(C)c1ccc2c(c1)-c1c(ccc3c1c1cc(C(C)(C)C)cc4c5c6c(c(C#N)cc5n3c14)C(C)(C)c1ccc(C(C)(C)C)cc1-6)C2(C)C. The largest absolute Gasteiger partial charge is 0.308 e. The van der Waals surface area contributed by atoms with E-state index in [9.17, 15) is 5.26 Å². The first kappa shape index (κ1) is 32.3. The highest BCUT2D eigenvalue weighted by molar-refractivity contribution is 6.29. The molecule has 2 heterocycles. The monoisotopic (exact) mass is 666 g/mol. The van der Waals surface area contributed by atoms with Gasteiger partial charge in [-0.3, -0.25) is 0 Å². The molecule has 0 amide bonds. The molecule has 0 fully saturated rings. The molecule has 2 aromatic heterocycles. The molecular weight excluding hydrogens is 617 g/mol. The smallest absolute Gasteiger partial charge is 0.0995 e. The highest BCUT2D eigenvalue weighted by Gasteiger charge is 2.42. The van der Waals surface area contributed by atoms with Crippen LogP contribution in [0.4, 0.5) is 0 Å². The Kier molecular flexibility index (Phi) is 5.97. The van der Waals surface area contributed by atoms with E-state index < -0.39 is 0 Å². The van der Waals surface area contributed by atoms with Gasteiger partial charge in [0.1, 0.15) is 0 Å². The highest BCUT2D eigenvalue weighted by Crippen LogP contribution is 2.58. The Bertz CT molecular complexity index is 2730. The first-order valence-corrected chi connectivity index (χ1v) is 18.8. The van der Waals surface area contributed by atoms with E-state index in [4.69, 9.17) is 0 Å². The van der Waals surface area contributed by atoms with Gasteiger partial charge < -0.3 is 4.40 Å². The van der Waals surface area contributed by atoms with Gasteiger partial charge in [0.2, 0.25) is 0 Å². The van der Waals surface area contributed by atoms with Crippen LogP contribution in [0.1, 0.15) is 135 Å². The van der Waals surface area contributed by atoms with Crippen molar-refractivity contribution >= 4 is 38.1 Å². The fraction of sp³-hybridized carbons (Fsp3) is 0.367. The zero-order valence-corrected chi connectivity index (χ0v) is 32.7. The molecule has 0 atom stereocenters. The van der Waals surface area contributed by atoms with Gasteiger partial charge in [-0.1, -0.05) is 132 Å². The summed E-state index contributed by atoms with van der Waals surface area (Å²) < 4.78 is 2.51. The maximum atomic E-state index is 10.9. The molecule has 0 N–H and O–H groups in total. The van der Waals surface area contributed by atoms with Crippen molar-refractivity contribution in [1.29, 1.82) is 5.26 Å². The first-order chi connectivity index (χ1) is 23.7. The summed E-state index contributed by atoms with van der Waals surface area (Å²) in [7, 11) is 0. The minimum absolute atomic E-state index is 0.0101. The number of nitriles is 1. The van der Waals surface area contributed by atoms with Crippen molar-refractivity contribution in [3.8, 4) is 28.3 Å². The molecule has 5 aromatic carbocycles. The Morgan fingerprint density at radius 2 is 1.02 bits per heavy atom. The average molecular weight is 667 g/mol. The predicted octanol–water partition coefficient (Wildman–Crippen LogP) is 13.2. The van der Waals surface area contributed by atoms with E-state index in [-0.39, 0.29) is 27.1 Å². The third kappa shape index (κ3) is 3.99. The molecule has 2 nitrogen and oxygen atoms in total. The maximum Gasteiger partial charge on any atom is 0.0995 e. The molecule has 0 saturated heterocycles. The van der Waals surface area contributed by atoms with Gasteiger partial charge in [-0.15, -0.1) is 0 Å². The zero-order chi connectivity index (χ0) is 36.5. The van der Waals surface area contributed by atoms with Crippen LogP contribution in [0.3, 0.4) is 0 Å². The van der Waals surface area contributed by atoms with Crippen LogP contribution in [0.15, 0.2) is 66.7 Å². The van der Waals surface area contributed by atoms with Crippen molar-refractivity contribution < 1.29 is 0 Å². The molecule has 0 saturated carbocycles. The van der Waals surface area contributed by atoms with Crippen molar-refractivity contribution in [1.82, 2.24) is 4.40 Å². The average Bonchev–Trinajstić information content (AvgIpc) is 3.70. The van der Waals surface area contributed by atoms with Crippen LogP contribution < -0.4 is 0 Å². The van der Waals surface area contributed by atoms with Gasteiger partial charge in [-0.05, 0) is 102 Å². The van der Waals surface area contributed by atoms with Crippen LogP contribution >= 0.6 is 0 Å². The number of aromatic nitrogens is 1. The molecule has 7 aromatic rings. The molecule has 0 unspecified atom stereocenters. The van der Waals surface area contributed by atoms with Gasteiger partial charge in [-0.2, -0.15) is 5.26 Å². The van der Waals surface area contributed by atoms with Gasteiger partial charge in [0.25, 0.3) is 0 Å². The van der Waals surface area contributed by atoms with E-state index in [1.54, 1.807) is 0 Å². The Hall–Kier alpha value is -4.61. The van der Waals surface area contributed by atoms with E-state index in [0.29, 0.717) is 0 Å². The second-order valence-electron chi connectivity index (χ2n) is 19.8. The molecule has 2 aliphatic rings. The number of fused-ring (bicyclic) bond motifs is 14. The lowest BCUT2D eigenvalue weighted by molar-refractivity contribution is 0.588. The second-order valence-corrected chi connectivity index (χ2v) is 19.8. The van der Waals surface area contributed by atoms with Gasteiger partial charge in [-0.25, -0.2) is 0 Å².